The van der Waals surface area contributed by atoms with Gasteiger partial charge in [-0.1, -0.05) is 11.6 Å². The van der Waals surface area contributed by atoms with Crippen LogP contribution < -0.4 is 0 Å². The summed E-state index contributed by atoms with van der Waals surface area (Å²) in [5.41, 5.74) is -1.20. The van der Waals surface area contributed by atoms with Gasteiger partial charge in [0.1, 0.15) is 5.82 Å². The lowest BCUT2D eigenvalue weighted by Gasteiger charge is -2.11. The van der Waals surface area contributed by atoms with Gasteiger partial charge >= 0.3 is 6.18 Å². The molecule has 1 nitrogen and oxygen atoms in total. The van der Waals surface area contributed by atoms with E-state index in [1.165, 1.54) is 12.1 Å². The molecule has 102 valence electrons. The van der Waals surface area contributed by atoms with Crippen LogP contribution in [0.25, 0.3) is 11.1 Å². The molecule has 0 bridgehead atoms. The van der Waals surface area contributed by atoms with E-state index in [-0.39, 0.29) is 21.7 Å². The van der Waals surface area contributed by atoms with Gasteiger partial charge in [0.2, 0.25) is 0 Å². The number of nitrogens with zero attached hydrogens (tertiary/aromatic N) is 1. The van der Waals surface area contributed by atoms with Crippen molar-refractivity contribution >= 4 is 11.6 Å². The lowest BCUT2D eigenvalue weighted by molar-refractivity contribution is -0.137. The average Bonchev–Trinajstić information content (AvgIpc) is 2.37. The van der Waals surface area contributed by atoms with Gasteiger partial charge in [-0.2, -0.15) is 18.4 Å². The summed E-state index contributed by atoms with van der Waals surface area (Å²) in [5, 5.41) is 9.06. The van der Waals surface area contributed by atoms with Gasteiger partial charge in [0.25, 0.3) is 0 Å². The van der Waals surface area contributed by atoms with Crippen LogP contribution in [0, 0.1) is 17.1 Å². The van der Waals surface area contributed by atoms with Crippen molar-refractivity contribution < 1.29 is 17.6 Å². The Morgan fingerprint density at radius 1 is 1.00 bits per heavy atom. The van der Waals surface area contributed by atoms with E-state index < -0.39 is 17.6 Å². The standard InChI is InChI=1S/C14H6ClF4N/c15-10-3-4-11(13(16)6-10)12-5-9(14(17,18)19)2-1-8(12)7-20/h1-6H. The van der Waals surface area contributed by atoms with Crippen molar-refractivity contribution in [2.24, 2.45) is 0 Å². The largest absolute Gasteiger partial charge is 0.416 e. The van der Waals surface area contributed by atoms with E-state index in [1.807, 2.05) is 0 Å². The minimum Gasteiger partial charge on any atom is -0.206 e. The van der Waals surface area contributed by atoms with Crippen molar-refractivity contribution in [3.8, 4) is 17.2 Å². The molecule has 2 rings (SSSR count). The van der Waals surface area contributed by atoms with E-state index in [1.54, 1.807) is 6.07 Å². The fraction of sp³-hybridized carbons (Fsp3) is 0.0714. The van der Waals surface area contributed by atoms with E-state index in [2.05, 4.69) is 0 Å². The molecule has 0 aliphatic heterocycles. The van der Waals surface area contributed by atoms with Gasteiger partial charge in [0, 0.05) is 16.1 Å². The van der Waals surface area contributed by atoms with Crippen LogP contribution in [-0.2, 0) is 6.18 Å². The van der Waals surface area contributed by atoms with Crippen LogP contribution in [-0.4, -0.2) is 0 Å². The number of hydrogen-bond acceptors (Lipinski definition) is 1. The maximum atomic E-state index is 13.8. The van der Waals surface area contributed by atoms with Crippen LogP contribution in [0.15, 0.2) is 36.4 Å². The van der Waals surface area contributed by atoms with E-state index in [4.69, 9.17) is 16.9 Å². The molecule has 0 spiro atoms. The van der Waals surface area contributed by atoms with Gasteiger partial charge in [-0.25, -0.2) is 4.39 Å². The van der Waals surface area contributed by atoms with Gasteiger partial charge in [-0.3, -0.25) is 0 Å². The molecule has 0 saturated heterocycles. The van der Waals surface area contributed by atoms with Gasteiger partial charge < -0.3 is 0 Å². The van der Waals surface area contributed by atoms with Crippen molar-refractivity contribution in [3.63, 3.8) is 0 Å². The van der Waals surface area contributed by atoms with Gasteiger partial charge in [-0.15, -0.1) is 0 Å². The van der Waals surface area contributed by atoms with E-state index in [0.29, 0.717) is 0 Å². The average molecular weight is 300 g/mol. The zero-order valence-corrected chi connectivity index (χ0v) is 10.6. The molecule has 0 radical (unpaired) electrons. The van der Waals surface area contributed by atoms with Crippen molar-refractivity contribution in [2.75, 3.05) is 0 Å². The Morgan fingerprint density at radius 3 is 2.25 bits per heavy atom. The normalized spacial score (nSPS) is 11.2. The molecule has 0 aliphatic rings. The molecule has 0 atom stereocenters. The molecule has 0 amide bonds. The maximum absolute atomic E-state index is 13.8. The summed E-state index contributed by atoms with van der Waals surface area (Å²) in [6.45, 7) is 0. The predicted molar refractivity (Wildman–Crippen MR) is 66.6 cm³/mol. The van der Waals surface area contributed by atoms with E-state index >= 15 is 0 Å². The van der Waals surface area contributed by atoms with Crippen LogP contribution in [0.2, 0.25) is 5.02 Å². The Morgan fingerprint density at radius 2 is 1.70 bits per heavy atom. The third kappa shape index (κ3) is 2.75. The molecule has 0 aromatic heterocycles. The molecule has 2 aromatic rings. The van der Waals surface area contributed by atoms with Crippen LogP contribution in [0.5, 0.6) is 0 Å². The lowest BCUT2D eigenvalue weighted by Crippen LogP contribution is -2.05. The highest BCUT2D eigenvalue weighted by atomic mass is 35.5. The highest BCUT2D eigenvalue weighted by molar-refractivity contribution is 6.30. The first kappa shape index (κ1) is 14.4. The number of nitriles is 1. The van der Waals surface area contributed by atoms with Crippen LogP contribution in [0.4, 0.5) is 17.6 Å². The molecule has 0 saturated carbocycles. The van der Waals surface area contributed by atoms with Crippen LogP contribution in [0.1, 0.15) is 11.1 Å². The van der Waals surface area contributed by atoms with E-state index in [9.17, 15) is 17.6 Å². The Bertz CT molecular complexity index is 701. The Balaban J connectivity index is 2.68. The highest BCUT2D eigenvalue weighted by Crippen LogP contribution is 2.35. The third-order valence-electron chi connectivity index (χ3n) is 2.69. The molecular formula is C14H6ClF4N. The molecule has 0 aliphatic carbocycles. The van der Waals surface area contributed by atoms with E-state index in [0.717, 1.165) is 24.3 Å². The smallest absolute Gasteiger partial charge is 0.206 e. The second-order valence-corrected chi connectivity index (χ2v) is 4.43. The monoisotopic (exact) mass is 299 g/mol. The summed E-state index contributed by atoms with van der Waals surface area (Å²) in [5.74, 6) is -0.784. The second kappa shape index (κ2) is 5.14. The van der Waals surface area contributed by atoms with Crippen LogP contribution >= 0.6 is 11.6 Å². The zero-order chi connectivity index (χ0) is 14.9. The van der Waals surface area contributed by atoms with Crippen molar-refractivity contribution in [3.05, 3.63) is 58.4 Å². The lowest BCUT2D eigenvalue weighted by atomic mass is 9.97. The minimum atomic E-state index is -4.56. The van der Waals surface area contributed by atoms with Gasteiger partial charge in [0.05, 0.1) is 17.2 Å². The summed E-state index contributed by atoms with van der Waals surface area (Å²) >= 11 is 5.60. The first-order valence-corrected chi connectivity index (χ1v) is 5.77. The maximum Gasteiger partial charge on any atom is 0.416 e. The zero-order valence-electron chi connectivity index (χ0n) is 9.80. The number of rotatable bonds is 1. The molecule has 20 heavy (non-hydrogen) atoms. The fourth-order valence-electron chi connectivity index (χ4n) is 1.75. The van der Waals surface area contributed by atoms with Crippen molar-refractivity contribution in [1.29, 1.82) is 5.26 Å². The number of benzene rings is 2. The summed E-state index contributed by atoms with van der Waals surface area (Å²) < 4.78 is 51.9. The molecule has 0 fully saturated rings. The summed E-state index contributed by atoms with van der Waals surface area (Å²) in [6, 6.07) is 7.89. The summed E-state index contributed by atoms with van der Waals surface area (Å²) in [4.78, 5) is 0. The Labute approximate surface area is 117 Å². The highest BCUT2D eigenvalue weighted by Gasteiger charge is 2.31. The Hall–Kier alpha value is -2.06. The SMILES string of the molecule is N#Cc1ccc(C(F)(F)F)cc1-c1ccc(Cl)cc1F. The topological polar surface area (TPSA) is 23.8 Å². The number of alkyl halides is 3. The summed E-state index contributed by atoms with van der Waals surface area (Å²) in [7, 11) is 0. The predicted octanol–water partition coefficient (Wildman–Crippen LogP) is 5.04. The molecule has 0 heterocycles. The third-order valence-corrected chi connectivity index (χ3v) is 2.92. The van der Waals surface area contributed by atoms with Gasteiger partial charge in [0.15, 0.2) is 0 Å². The molecule has 2 aromatic carbocycles. The first-order chi connectivity index (χ1) is 9.32. The fourth-order valence-corrected chi connectivity index (χ4v) is 1.91. The molecule has 0 unspecified atom stereocenters. The molecular weight excluding hydrogens is 294 g/mol. The number of hydrogen-bond donors (Lipinski definition) is 0. The molecule has 6 heteroatoms. The summed E-state index contributed by atoms with van der Waals surface area (Å²) in [6.07, 6.45) is -4.56. The number of halogens is 5. The Kier molecular flexibility index (Phi) is 3.69. The van der Waals surface area contributed by atoms with Gasteiger partial charge in [-0.05, 0) is 36.4 Å². The van der Waals surface area contributed by atoms with Crippen molar-refractivity contribution in [2.45, 2.75) is 6.18 Å². The minimum absolute atomic E-state index is 0.0424. The molecule has 0 N–H and O–H groups in total. The van der Waals surface area contributed by atoms with Crippen molar-refractivity contribution in [1.82, 2.24) is 0 Å². The quantitative estimate of drug-likeness (QED) is 0.677. The van der Waals surface area contributed by atoms with Crippen LogP contribution in [0.3, 0.4) is 0 Å². The first-order valence-electron chi connectivity index (χ1n) is 5.39. The second-order valence-electron chi connectivity index (χ2n) is 3.99.